The molecular formula is C13H15N3O4. The van der Waals surface area contributed by atoms with Crippen molar-refractivity contribution in [2.75, 3.05) is 6.54 Å². The molecule has 20 heavy (non-hydrogen) atoms. The fraction of sp³-hybridized carbons (Fsp3) is 0.308. The van der Waals surface area contributed by atoms with Gasteiger partial charge >= 0.3 is 12.0 Å². The average Bonchev–Trinajstić information content (AvgIpc) is 2.43. The summed E-state index contributed by atoms with van der Waals surface area (Å²) in [6, 6.07) is 5.81. The minimum atomic E-state index is -1.08. The Bertz CT molecular complexity index is 558. The number of primary amides is 1. The van der Waals surface area contributed by atoms with E-state index in [-0.39, 0.29) is 19.5 Å². The van der Waals surface area contributed by atoms with Gasteiger partial charge in [0.25, 0.3) is 0 Å². The first kappa shape index (κ1) is 13.9. The van der Waals surface area contributed by atoms with Crippen LogP contribution in [0.2, 0.25) is 0 Å². The van der Waals surface area contributed by atoms with Gasteiger partial charge in [-0.25, -0.2) is 9.59 Å². The van der Waals surface area contributed by atoms with Crippen LogP contribution in [0.25, 0.3) is 0 Å². The third-order valence-electron chi connectivity index (χ3n) is 3.21. The Morgan fingerprint density at radius 2 is 1.95 bits per heavy atom. The maximum absolute atomic E-state index is 12.0. The molecule has 0 fully saturated rings. The molecular weight excluding hydrogens is 262 g/mol. The molecule has 106 valence electrons. The second-order valence-electron chi connectivity index (χ2n) is 4.58. The second-order valence-corrected chi connectivity index (χ2v) is 4.58. The zero-order chi connectivity index (χ0) is 14.7. The minimum absolute atomic E-state index is 0.192. The second kappa shape index (κ2) is 5.60. The van der Waals surface area contributed by atoms with E-state index in [0.29, 0.717) is 0 Å². The van der Waals surface area contributed by atoms with Gasteiger partial charge in [-0.1, -0.05) is 24.3 Å². The number of fused-ring (bicyclic) bond motifs is 1. The topological polar surface area (TPSA) is 113 Å². The van der Waals surface area contributed by atoms with Crippen LogP contribution in [-0.2, 0) is 22.6 Å². The maximum Gasteiger partial charge on any atom is 0.326 e. The van der Waals surface area contributed by atoms with Crippen LogP contribution < -0.4 is 11.1 Å². The van der Waals surface area contributed by atoms with Gasteiger partial charge in [0.1, 0.15) is 6.04 Å². The van der Waals surface area contributed by atoms with E-state index in [1.165, 1.54) is 4.90 Å². The van der Waals surface area contributed by atoms with Crippen molar-refractivity contribution in [3.05, 3.63) is 35.4 Å². The highest BCUT2D eigenvalue weighted by Gasteiger charge is 2.34. The number of carbonyl (C=O) groups excluding carboxylic acids is 2. The Labute approximate surface area is 115 Å². The molecule has 0 bridgehead atoms. The predicted octanol–water partition coefficient (Wildman–Crippen LogP) is -0.307. The number of nitrogens with zero attached hydrogens (tertiary/aromatic N) is 1. The van der Waals surface area contributed by atoms with E-state index in [4.69, 9.17) is 5.73 Å². The summed E-state index contributed by atoms with van der Waals surface area (Å²) in [4.78, 5) is 35.1. The number of aliphatic carboxylic acids is 1. The first-order chi connectivity index (χ1) is 9.49. The van der Waals surface area contributed by atoms with Crippen LogP contribution >= 0.6 is 0 Å². The zero-order valence-corrected chi connectivity index (χ0v) is 10.7. The highest BCUT2D eigenvalue weighted by molar-refractivity contribution is 5.86. The molecule has 0 aromatic heterocycles. The molecule has 1 atom stereocenters. The van der Waals surface area contributed by atoms with Crippen LogP contribution in [0.15, 0.2) is 24.3 Å². The number of benzene rings is 1. The quantitative estimate of drug-likeness (QED) is 0.703. The summed E-state index contributed by atoms with van der Waals surface area (Å²) < 4.78 is 0. The van der Waals surface area contributed by atoms with Crippen LogP contribution in [0.3, 0.4) is 0 Å². The van der Waals surface area contributed by atoms with Gasteiger partial charge in [-0.05, 0) is 11.1 Å². The lowest BCUT2D eigenvalue weighted by atomic mass is 9.94. The molecule has 1 aromatic rings. The number of nitrogens with one attached hydrogen (secondary N) is 1. The summed E-state index contributed by atoms with van der Waals surface area (Å²) >= 11 is 0. The van der Waals surface area contributed by atoms with Crippen LogP contribution in [0, 0.1) is 0 Å². The molecule has 1 heterocycles. The standard InChI is InChI=1S/C13H15N3O4/c14-11(17)6-15-13(20)16-7-9-4-2-1-3-8(9)5-10(16)12(18)19/h1-4,10H,5-7H2,(H2,14,17)(H,15,20)(H,18,19)/t10-/m1/s1. The highest BCUT2D eigenvalue weighted by atomic mass is 16.4. The van der Waals surface area contributed by atoms with E-state index in [0.717, 1.165) is 11.1 Å². The van der Waals surface area contributed by atoms with E-state index in [1.54, 1.807) is 0 Å². The molecule has 7 heteroatoms. The van der Waals surface area contributed by atoms with Crippen molar-refractivity contribution in [2.45, 2.75) is 19.0 Å². The Morgan fingerprint density at radius 3 is 2.55 bits per heavy atom. The SMILES string of the molecule is NC(=O)CNC(=O)N1Cc2ccccc2C[C@@H]1C(=O)O. The Morgan fingerprint density at radius 1 is 1.30 bits per heavy atom. The molecule has 4 N–H and O–H groups in total. The van der Waals surface area contributed by atoms with E-state index < -0.39 is 23.9 Å². The van der Waals surface area contributed by atoms with Gasteiger partial charge in [0.15, 0.2) is 0 Å². The number of carbonyl (C=O) groups is 3. The number of carboxylic acid groups (broad SMARTS) is 1. The van der Waals surface area contributed by atoms with Gasteiger partial charge in [-0.15, -0.1) is 0 Å². The number of amides is 3. The van der Waals surface area contributed by atoms with Crippen molar-refractivity contribution >= 4 is 17.9 Å². The van der Waals surface area contributed by atoms with Crippen molar-refractivity contribution < 1.29 is 19.5 Å². The van der Waals surface area contributed by atoms with Crippen LogP contribution in [-0.4, -0.2) is 40.5 Å². The summed E-state index contributed by atoms with van der Waals surface area (Å²) in [5, 5.41) is 11.6. The van der Waals surface area contributed by atoms with Crippen molar-refractivity contribution in [3.8, 4) is 0 Å². The lowest BCUT2D eigenvalue weighted by Crippen LogP contribution is -2.53. The van der Waals surface area contributed by atoms with Crippen molar-refractivity contribution in [3.63, 3.8) is 0 Å². The molecule has 0 aliphatic carbocycles. The normalized spacial score (nSPS) is 17.2. The van der Waals surface area contributed by atoms with Crippen LogP contribution in [0.4, 0.5) is 4.79 Å². The van der Waals surface area contributed by atoms with Gasteiger partial charge in [0.05, 0.1) is 6.54 Å². The Balaban J connectivity index is 2.20. The molecule has 0 spiro atoms. The number of hydrogen-bond donors (Lipinski definition) is 3. The summed E-state index contributed by atoms with van der Waals surface area (Å²) in [5.74, 6) is -1.75. The fourth-order valence-electron chi connectivity index (χ4n) is 2.22. The van der Waals surface area contributed by atoms with E-state index in [2.05, 4.69) is 5.32 Å². The van der Waals surface area contributed by atoms with Gasteiger partial charge < -0.3 is 21.1 Å². The van der Waals surface area contributed by atoms with Crippen LogP contribution in [0.1, 0.15) is 11.1 Å². The largest absolute Gasteiger partial charge is 0.480 e. The summed E-state index contributed by atoms with van der Waals surface area (Å²) in [6.07, 6.45) is 0.246. The first-order valence-corrected chi connectivity index (χ1v) is 6.11. The molecule has 2 rings (SSSR count). The molecule has 1 aliphatic heterocycles. The van der Waals surface area contributed by atoms with Crippen molar-refractivity contribution in [1.82, 2.24) is 10.2 Å². The van der Waals surface area contributed by atoms with Gasteiger partial charge in [-0.2, -0.15) is 0 Å². The molecule has 1 aliphatic rings. The molecule has 0 saturated carbocycles. The van der Waals surface area contributed by atoms with Crippen LogP contribution in [0.5, 0.6) is 0 Å². The third kappa shape index (κ3) is 2.87. The number of urea groups is 1. The average molecular weight is 277 g/mol. The smallest absolute Gasteiger partial charge is 0.326 e. The number of carboxylic acids is 1. The Kier molecular flexibility index (Phi) is 3.88. The van der Waals surface area contributed by atoms with Crippen molar-refractivity contribution in [2.24, 2.45) is 5.73 Å². The Hall–Kier alpha value is -2.57. The molecule has 0 unspecified atom stereocenters. The number of rotatable bonds is 3. The van der Waals surface area contributed by atoms with Crippen molar-refractivity contribution in [1.29, 1.82) is 0 Å². The predicted molar refractivity (Wildman–Crippen MR) is 69.7 cm³/mol. The number of nitrogens with two attached hydrogens (primary N) is 1. The molecule has 1 aromatic carbocycles. The summed E-state index contributed by atoms with van der Waals surface area (Å²) in [6.45, 7) is -0.124. The van der Waals surface area contributed by atoms with Gasteiger partial charge in [0.2, 0.25) is 5.91 Å². The van der Waals surface area contributed by atoms with E-state index in [9.17, 15) is 19.5 Å². The van der Waals surface area contributed by atoms with Gasteiger partial charge in [-0.3, -0.25) is 4.79 Å². The third-order valence-corrected chi connectivity index (χ3v) is 3.21. The molecule has 0 saturated heterocycles. The van der Waals surface area contributed by atoms with E-state index >= 15 is 0 Å². The monoisotopic (exact) mass is 277 g/mol. The zero-order valence-electron chi connectivity index (χ0n) is 10.7. The lowest BCUT2D eigenvalue weighted by molar-refractivity contribution is -0.142. The minimum Gasteiger partial charge on any atom is -0.480 e. The highest BCUT2D eigenvalue weighted by Crippen LogP contribution is 2.23. The maximum atomic E-state index is 12.0. The molecule has 0 radical (unpaired) electrons. The lowest BCUT2D eigenvalue weighted by Gasteiger charge is -2.34. The fourth-order valence-corrected chi connectivity index (χ4v) is 2.22. The number of hydrogen-bond acceptors (Lipinski definition) is 3. The molecule has 7 nitrogen and oxygen atoms in total. The summed E-state index contributed by atoms with van der Waals surface area (Å²) in [5.41, 5.74) is 6.77. The molecule has 3 amide bonds. The van der Waals surface area contributed by atoms with E-state index in [1.807, 2.05) is 24.3 Å². The first-order valence-electron chi connectivity index (χ1n) is 6.11. The summed E-state index contributed by atoms with van der Waals surface area (Å²) in [7, 11) is 0. The van der Waals surface area contributed by atoms with Gasteiger partial charge in [0, 0.05) is 13.0 Å².